The maximum atomic E-state index is 6.96. The summed E-state index contributed by atoms with van der Waals surface area (Å²) in [6.07, 6.45) is 6.56. The van der Waals surface area contributed by atoms with Crippen LogP contribution in [0.3, 0.4) is 0 Å². The third-order valence-corrected chi connectivity index (χ3v) is 22.5. The quantitative estimate of drug-likeness (QED) is 0.142. The Morgan fingerprint density at radius 2 is 0.851 bits per heavy atom. The standard InChI is InChI=1S/C68H62N2O2Si2/c1-73(2,3)49-30-25-46(26-31-49)69(60-21-13-19-55-52-16-9-11-23-63(52)71-66(55)60)48-29-34-57-58(40-48)68(44-36-42-35-43(38-44)39-45(68)37-42)59-41-62(51-15-7-8-18-54(51)65(57)59)70(47-27-32-50(33-28-47)74(4,5)6)61-22-14-20-56-53-17-10-12-24-64(53)72-67(56)61/h7-34,40-45H,35-39H2,1-6H3. The van der Waals surface area contributed by atoms with E-state index in [1.54, 1.807) is 0 Å². The Morgan fingerprint density at radius 3 is 1.39 bits per heavy atom. The Labute approximate surface area is 436 Å². The molecular weight excluding hydrogens is 933 g/mol. The smallest absolute Gasteiger partial charge is 0.159 e. The maximum absolute atomic E-state index is 6.96. The Morgan fingerprint density at radius 1 is 0.392 bits per heavy atom. The van der Waals surface area contributed by atoms with E-state index in [0.717, 1.165) is 78.5 Å². The SMILES string of the molecule is C[Si](C)(C)c1ccc(N(c2ccc3c(c2)C2(c4cc(N(c5ccc([Si](C)(C)C)cc5)c5cccc6c5oc5ccccc56)c5ccccc5c4-3)C3CC4CC(C3)CC2C4)c2cccc3c2oc2ccccc23)cc1. The minimum absolute atomic E-state index is 0.148. The molecule has 0 N–H and O–H groups in total. The highest BCUT2D eigenvalue weighted by molar-refractivity contribution is 6.89. The van der Waals surface area contributed by atoms with E-state index in [1.165, 1.54) is 86.9 Å². The first kappa shape index (κ1) is 44.4. The molecule has 5 aliphatic carbocycles. The van der Waals surface area contributed by atoms with Gasteiger partial charge in [0, 0.05) is 49.4 Å². The molecule has 4 bridgehead atoms. The van der Waals surface area contributed by atoms with Gasteiger partial charge in [-0.2, -0.15) is 0 Å². The zero-order valence-corrected chi connectivity index (χ0v) is 45.4. The molecule has 74 heavy (non-hydrogen) atoms. The molecule has 0 radical (unpaired) electrons. The van der Waals surface area contributed by atoms with Crippen molar-refractivity contribution in [2.24, 2.45) is 23.7 Å². The average molecular weight is 995 g/mol. The van der Waals surface area contributed by atoms with Gasteiger partial charge in [0.25, 0.3) is 0 Å². The summed E-state index contributed by atoms with van der Waals surface area (Å²) in [6.45, 7) is 14.6. The second-order valence-electron chi connectivity index (χ2n) is 24.5. The lowest BCUT2D eigenvalue weighted by Crippen LogP contribution is -2.55. The molecular formula is C68H62N2O2Si2. The van der Waals surface area contributed by atoms with Gasteiger partial charge < -0.3 is 18.6 Å². The molecule has 6 heteroatoms. The van der Waals surface area contributed by atoms with Gasteiger partial charge in [-0.25, -0.2) is 0 Å². The van der Waals surface area contributed by atoms with Crippen molar-refractivity contribution in [2.45, 2.75) is 76.8 Å². The first-order valence-corrected chi connectivity index (χ1v) is 34.2. The number of hydrogen-bond donors (Lipinski definition) is 0. The van der Waals surface area contributed by atoms with E-state index in [0.29, 0.717) is 11.8 Å². The highest BCUT2D eigenvalue weighted by Crippen LogP contribution is 2.71. The van der Waals surface area contributed by atoms with Crippen LogP contribution in [0.25, 0.3) is 65.8 Å². The average Bonchev–Trinajstić information content (AvgIpc) is 4.23. The van der Waals surface area contributed by atoms with Gasteiger partial charge in [-0.15, -0.1) is 0 Å². The number of benzene rings is 9. The van der Waals surface area contributed by atoms with Crippen LogP contribution in [-0.4, -0.2) is 16.1 Å². The number of hydrogen-bond acceptors (Lipinski definition) is 4. The molecule has 0 amide bonds. The van der Waals surface area contributed by atoms with Crippen molar-refractivity contribution in [3.63, 3.8) is 0 Å². The second-order valence-corrected chi connectivity index (χ2v) is 34.7. The van der Waals surface area contributed by atoms with E-state index in [2.05, 4.69) is 231 Å². The van der Waals surface area contributed by atoms with Gasteiger partial charge in [0.05, 0.1) is 33.2 Å². The van der Waals surface area contributed by atoms with E-state index < -0.39 is 16.1 Å². The Hall–Kier alpha value is -7.13. The Bertz CT molecular complexity index is 4050. The Kier molecular flexibility index (Phi) is 9.56. The van der Waals surface area contributed by atoms with Crippen molar-refractivity contribution in [3.05, 3.63) is 193 Å². The van der Waals surface area contributed by atoms with Crippen LogP contribution in [0.4, 0.5) is 34.1 Å². The molecule has 1 spiro atoms. The third-order valence-electron chi connectivity index (χ3n) is 18.3. The number of fused-ring (bicyclic) bond motifs is 11. The summed E-state index contributed by atoms with van der Waals surface area (Å²) in [6, 6.07) is 69.1. The predicted molar refractivity (Wildman–Crippen MR) is 317 cm³/mol. The monoisotopic (exact) mass is 994 g/mol. The van der Waals surface area contributed by atoms with Crippen molar-refractivity contribution >= 4 is 115 Å². The van der Waals surface area contributed by atoms with Crippen molar-refractivity contribution in [1.82, 2.24) is 0 Å². The fourth-order valence-corrected chi connectivity index (χ4v) is 17.5. The molecule has 4 saturated carbocycles. The highest BCUT2D eigenvalue weighted by Gasteiger charge is 2.62. The van der Waals surface area contributed by atoms with Crippen LogP contribution in [0.5, 0.6) is 0 Å². The van der Waals surface area contributed by atoms with E-state index in [9.17, 15) is 0 Å². The van der Waals surface area contributed by atoms with E-state index in [1.807, 2.05) is 0 Å². The summed E-state index contributed by atoms with van der Waals surface area (Å²) in [5.41, 5.74) is 16.2. The fourth-order valence-electron chi connectivity index (χ4n) is 15.2. The summed E-state index contributed by atoms with van der Waals surface area (Å²) >= 11 is 0. The number of para-hydroxylation sites is 4. The van der Waals surface area contributed by atoms with Crippen LogP contribution < -0.4 is 20.2 Å². The molecule has 4 fully saturated rings. The van der Waals surface area contributed by atoms with Crippen LogP contribution in [0.1, 0.15) is 43.2 Å². The van der Waals surface area contributed by atoms with Crippen LogP contribution >= 0.6 is 0 Å². The molecule has 0 aliphatic heterocycles. The molecule has 0 unspecified atom stereocenters. The van der Waals surface area contributed by atoms with Crippen LogP contribution in [0.15, 0.2) is 191 Å². The summed E-state index contributed by atoms with van der Waals surface area (Å²) in [4.78, 5) is 5.06. The van der Waals surface area contributed by atoms with Crippen LogP contribution in [0.2, 0.25) is 39.3 Å². The largest absolute Gasteiger partial charge is 0.454 e. The molecule has 5 aliphatic rings. The van der Waals surface area contributed by atoms with Crippen molar-refractivity contribution < 1.29 is 8.83 Å². The lowest BCUT2D eigenvalue weighted by molar-refractivity contribution is -0.0398. The number of anilines is 6. The summed E-state index contributed by atoms with van der Waals surface area (Å²) in [5, 5.41) is 10.1. The van der Waals surface area contributed by atoms with E-state index in [4.69, 9.17) is 8.83 Å². The maximum Gasteiger partial charge on any atom is 0.159 e. The van der Waals surface area contributed by atoms with Crippen LogP contribution in [-0.2, 0) is 5.41 Å². The molecule has 0 saturated heterocycles. The zero-order valence-electron chi connectivity index (χ0n) is 43.4. The van der Waals surface area contributed by atoms with Gasteiger partial charge in [-0.05, 0) is 150 Å². The number of nitrogens with zero attached hydrogens (tertiary/aromatic N) is 2. The lowest BCUT2D eigenvalue weighted by Gasteiger charge is -2.61. The topological polar surface area (TPSA) is 32.8 Å². The minimum Gasteiger partial charge on any atom is -0.454 e. The van der Waals surface area contributed by atoms with Gasteiger partial charge >= 0.3 is 0 Å². The molecule has 9 aromatic carbocycles. The molecule has 4 nitrogen and oxygen atoms in total. The first-order chi connectivity index (χ1) is 35.9. The predicted octanol–water partition coefficient (Wildman–Crippen LogP) is 18.4. The van der Waals surface area contributed by atoms with Gasteiger partial charge in [0.1, 0.15) is 11.2 Å². The molecule has 11 aromatic rings. The van der Waals surface area contributed by atoms with Gasteiger partial charge in [0.15, 0.2) is 11.2 Å². The number of rotatable bonds is 8. The van der Waals surface area contributed by atoms with Crippen molar-refractivity contribution in [3.8, 4) is 11.1 Å². The van der Waals surface area contributed by atoms with Gasteiger partial charge in [0.2, 0.25) is 0 Å². The summed E-state index contributed by atoms with van der Waals surface area (Å²) in [7, 11) is -3.15. The summed E-state index contributed by atoms with van der Waals surface area (Å²) < 4.78 is 13.9. The lowest BCUT2D eigenvalue weighted by atomic mass is 9.43. The zero-order chi connectivity index (χ0) is 49.8. The van der Waals surface area contributed by atoms with Gasteiger partial charge in [-0.1, -0.05) is 165 Å². The molecule has 2 aromatic heterocycles. The molecule has 0 atom stereocenters. The number of furan rings is 2. The van der Waals surface area contributed by atoms with E-state index in [-0.39, 0.29) is 5.41 Å². The highest BCUT2D eigenvalue weighted by atomic mass is 28.3. The van der Waals surface area contributed by atoms with Crippen molar-refractivity contribution in [1.29, 1.82) is 0 Å². The molecule has 16 rings (SSSR count). The molecule has 2 heterocycles. The van der Waals surface area contributed by atoms with Gasteiger partial charge in [-0.3, -0.25) is 0 Å². The first-order valence-electron chi connectivity index (χ1n) is 27.2. The minimum atomic E-state index is -1.58. The normalized spacial score (nSPS) is 20.9. The second kappa shape index (κ2) is 15.9. The molecule has 364 valence electrons. The van der Waals surface area contributed by atoms with E-state index >= 15 is 0 Å². The Balaban J connectivity index is 0.996. The summed E-state index contributed by atoms with van der Waals surface area (Å²) in [5.74, 6) is 2.71. The third kappa shape index (κ3) is 6.43. The van der Waals surface area contributed by atoms with Crippen molar-refractivity contribution in [2.75, 3.05) is 9.80 Å². The van der Waals surface area contributed by atoms with Crippen LogP contribution in [0, 0.1) is 23.7 Å². The fraction of sp³-hybridized carbons (Fsp3) is 0.235.